The average Bonchev–Trinajstić information content (AvgIpc) is 3.32. The second-order valence-corrected chi connectivity index (χ2v) is 7.29. The quantitative estimate of drug-likeness (QED) is 0.492. The van der Waals surface area contributed by atoms with Crippen LogP contribution in [-0.2, 0) is 17.6 Å². The standard InChI is InChI=1S/C20H14FN5O2S/c21-14-4-1-12(2-5-14)13-3-6-15-16(9-13)29-20(24-15)11-19-26-25-18(28-19)10-17(27)23-8-7-22/h1-6,9H,8,10-11H2,(H,23,27). The number of rotatable bonds is 6. The van der Waals surface area contributed by atoms with E-state index in [4.69, 9.17) is 9.68 Å². The first-order valence-electron chi connectivity index (χ1n) is 8.71. The summed E-state index contributed by atoms with van der Waals surface area (Å²) >= 11 is 1.51. The molecule has 2 aromatic carbocycles. The number of benzene rings is 2. The Morgan fingerprint density at radius 2 is 1.90 bits per heavy atom. The molecule has 4 rings (SSSR count). The Bertz CT molecular complexity index is 1210. The van der Waals surface area contributed by atoms with Gasteiger partial charge in [-0.25, -0.2) is 9.37 Å². The summed E-state index contributed by atoms with van der Waals surface area (Å²) in [6.07, 6.45) is 0.285. The first kappa shape index (κ1) is 18.7. The summed E-state index contributed by atoms with van der Waals surface area (Å²) in [5, 5.41) is 19.5. The van der Waals surface area contributed by atoms with Crippen LogP contribution < -0.4 is 5.32 Å². The van der Waals surface area contributed by atoms with E-state index in [0.717, 1.165) is 26.4 Å². The van der Waals surface area contributed by atoms with E-state index in [9.17, 15) is 9.18 Å². The van der Waals surface area contributed by atoms with Crippen molar-refractivity contribution in [2.45, 2.75) is 12.8 Å². The van der Waals surface area contributed by atoms with Crippen molar-refractivity contribution in [1.82, 2.24) is 20.5 Å². The molecule has 0 atom stereocenters. The molecule has 1 amide bonds. The number of amides is 1. The minimum absolute atomic E-state index is 0.0640. The van der Waals surface area contributed by atoms with Crippen LogP contribution in [0.5, 0.6) is 0 Å². The van der Waals surface area contributed by atoms with Crippen LogP contribution in [0.15, 0.2) is 46.9 Å². The summed E-state index contributed by atoms with van der Waals surface area (Å²) < 4.78 is 19.6. The largest absolute Gasteiger partial charge is 0.424 e. The van der Waals surface area contributed by atoms with Gasteiger partial charge in [0.15, 0.2) is 0 Å². The minimum Gasteiger partial charge on any atom is -0.424 e. The highest BCUT2D eigenvalue weighted by Crippen LogP contribution is 2.29. The van der Waals surface area contributed by atoms with Gasteiger partial charge in [0.1, 0.15) is 23.8 Å². The lowest BCUT2D eigenvalue weighted by atomic mass is 10.1. The second-order valence-electron chi connectivity index (χ2n) is 6.17. The fourth-order valence-corrected chi connectivity index (χ4v) is 3.77. The molecule has 0 fully saturated rings. The van der Waals surface area contributed by atoms with Crippen molar-refractivity contribution in [3.8, 4) is 17.2 Å². The van der Waals surface area contributed by atoms with E-state index in [1.807, 2.05) is 24.3 Å². The highest BCUT2D eigenvalue weighted by molar-refractivity contribution is 7.18. The van der Waals surface area contributed by atoms with Gasteiger partial charge in [-0.2, -0.15) is 5.26 Å². The Hall–Kier alpha value is -3.64. The van der Waals surface area contributed by atoms with Crippen LogP contribution in [0.3, 0.4) is 0 Å². The summed E-state index contributed by atoms with van der Waals surface area (Å²) in [6.45, 7) is -0.0640. The molecular formula is C20H14FN5O2S. The smallest absolute Gasteiger partial charge is 0.230 e. The van der Waals surface area contributed by atoms with Crippen LogP contribution in [0.2, 0.25) is 0 Å². The summed E-state index contributed by atoms with van der Waals surface area (Å²) in [4.78, 5) is 16.2. The van der Waals surface area contributed by atoms with Gasteiger partial charge in [0, 0.05) is 0 Å². The Morgan fingerprint density at radius 3 is 2.69 bits per heavy atom. The van der Waals surface area contributed by atoms with E-state index in [1.165, 1.54) is 23.5 Å². The van der Waals surface area contributed by atoms with Crippen LogP contribution in [-0.4, -0.2) is 27.6 Å². The lowest BCUT2D eigenvalue weighted by Gasteiger charge is -2.01. The van der Waals surface area contributed by atoms with Crippen molar-refractivity contribution in [2.24, 2.45) is 0 Å². The molecule has 0 radical (unpaired) electrons. The van der Waals surface area contributed by atoms with Gasteiger partial charge in [0.05, 0.1) is 22.7 Å². The molecule has 1 N–H and O–H groups in total. The number of nitrogens with one attached hydrogen (secondary N) is 1. The predicted molar refractivity (Wildman–Crippen MR) is 104 cm³/mol. The molecular weight excluding hydrogens is 393 g/mol. The lowest BCUT2D eigenvalue weighted by Crippen LogP contribution is -2.25. The van der Waals surface area contributed by atoms with Gasteiger partial charge < -0.3 is 9.73 Å². The summed E-state index contributed by atoms with van der Waals surface area (Å²) in [6, 6.07) is 14.1. The van der Waals surface area contributed by atoms with E-state index in [-0.39, 0.29) is 30.6 Å². The van der Waals surface area contributed by atoms with E-state index >= 15 is 0 Å². The molecule has 29 heavy (non-hydrogen) atoms. The predicted octanol–water partition coefficient (Wildman–Crippen LogP) is 3.26. The fraction of sp³-hybridized carbons (Fsp3) is 0.150. The van der Waals surface area contributed by atoms with Gasteiger partial charge in [-0.3, -0.25) is 4.79 Å². The number of carbonyl (C=O) groups is 1. The number of nitriles is 1. The number of thiazole rings is 1. The molecule has 9 heteroatoms. The van der Waals surface area contributed by atoms with Crippen molar-refractivity contribution in [3.05, 3.63) is 65.1 Å². The molecule has 0 saturated carbocycles. The van der Waals surface area contributed by atoms with Crippen molar-refractivity contribution < 1.29 is 13.6 Å². The van der Waals surface area contributed by atoms with Crippen LogP contribution in [0.1, 0.15) is 16.8 Å². The zero-order valence-electron chi connectivity index (χ0n) is 15.1. The molecule has 0 bridgehead atoms. The van der Waals surface area contributed by atoms with E-state index in [2.05, 4.69) is 20.5 Å². The zero-order chi connectivity index (χ0) is 20.2. The molecule has 7 nitrogen and oxygen atoms in total. The average molecular weight is 407 g/mol. The molecule has 2 aromatic heterocycles. The van der Waals surface area contributed by atoms with Gasteiger partial charge >= 0.3 is 0 Å². The van der Waals surface area contributed by atoms with Gasteiger partial charge in [-0.1, -0.05) is 18.2 Å². The lowest BCUT2D eigenvalue weighted by molar-refractivity contribution is -0.120. The molecule has 4 aromatic rings. The Kier molecular flexibility index (Phi) is 5.27. The van der Waals surface area contributed by atoms with Crippen molar-refractivity contribution in [3.63, 3.8) is 0 Å². The molecule has 0 spiro atoms. The van der Waals surface area contributed by atoms with E-state index < -0.39 is 0 Å². The number of aromatic nitrogens is 3. The highest BCUT2D eigenvalue weighted by Gasteiger charge is 2.13. The van der Waals surface area contributed by atoms with Crippen LogP contribution >= 0.6 is 11.3 Å². The third kappa shape index (κ3) is 4.44. The van der Waals surface area contributed by atoms with Crippen LogP contribution in [0, 0.1) is 17.1 Å². The fourth-order valence-electron chi connectivity index (χ4n) is 2.77. The molecule has 0 saturated heterocycles. The summed E-state index contributed by atoms with van der Waals surface area (Å²) in [5.41, 5.74) is 2.77. The second kappa shape index (κ2) is 8.16. The van der Waals surface area contributed by atoms with E-state index in [0.29, 0.717) is 12.3 Å². The van der Waals surface area contributed by atoms with Gasteiger partial charge in [0.25, 0.3) is 0 Å². The summed E-state index contributed by atoms with van der Waals surface area (Å²) in [5.74, 6) is -0.0625. The van der Waals surface area contributed by atoms with Gasteiger partial charge in [-0.05, 0) is 35.4 Å². The normalized spacial score (nSPS) is 10.8. The molecule has 0 aliphatic rings. The van der Waals surface area contributed by atoms with Crippen molar-refractivity contribution in [1.29, 1.82) is 5.26 Å². The first-order chi connectivity index (χ1) is 14.1. The molecule has 0 unspecified atom stereocenters. The first-order valence-corrected chi connectivity index (χ1v) is 9.52. The van der Waals surface area contributed by atoms with Crippen molar-refractivity contribution in [2.75, 3.05) is 6.54 Å². The monoisotopic (exact) mass is 407 g/mol. The SMILES string of the molecule is N#CCNC(=O)Cc1nnc(Cc2nc3ccc(-c4ccc(F)cc4)cc3s2)o1. The molecule has 0 aliphatic carbocycles. The Morgan fingerprint density at radius 1 is 1.14 bits per heavy atom. The Labute approximate surface area is 168 Å². The number of halogens is 1. The number of hydrogen-bond acceptors (Lipinski definition) is 7. The molecule has 144 valence electrons. The third-order valence-corrected chi connectivity index (χ3v) is 5.12. The minimum atomic E-state index is -0.352. The third-order valence-electron chi connectivity index (χ3n) is 4.10. The Balaban J connectivity index is 1.48. The zero-order valence-corrected chi connectivity index (χ0v) is 15.9. The van der Waals surface area contributed by atoms with Crippen LogP contribution in [0.4, 0.5) is 4.39 Å². The summed E-state index contributed by atoms with van der Waals surface area (Å²) in [7, 11) is 0. The number of fused-ring (bicyclic) bond motifs is 1. The number of hydrogen-bond donors (Lipinski definition) is 1. The highest BCUT2D eigenvalue weighted by atomic mass is 32.1. The maximum absolute atomic E-state index is 13.1. The number of carbonyl (C=O) groups excluding carboxylic acids is 1. The van der Waals surface area contributed by atoms with Crippen LogP contribution in [0.25, 0.3) is 21.3 Å². The maximum atomic E-state index is 13.1. The molecule has 2 heterocycles. The van der Waals surface area contributed by atoms with Gasteiger partial charge in [-0.15, -0.1) is 21.5 Å². The topological polar surface area (TPSA) is 105 Å². The maximum Gasteiger partial charge on any atom is 0.230 e. The number of nitrogens with zero attached hydrogens (tertiary/aromatic N) is 4. The molecule has 0 aliphatic heterocycles. The van der Waals surface area contributed by atoms with Gasteiger partial charge in [0.2, 0.25) is 17.7 Å². The van der Waals surface area contributed by atoms with E-state index in [1.54, 1.807) is 12.1 Å². The van der Waals surface area contributed by atoms with Crippen molar-refractivity contribution >= 4 is 27.5 Å².